The summed E-state index contributed by atoms with van der Waals surface area (Å²) in [6.07, 6.45) is 8.41. The van der Waals surface area contributed by atoms with Gasteiger partial charge in [0.2, 0.25) is 0 Å². The average molecular weight is 266 g/mol. The molecule has 1 unspecified atom stereocenters. The van der Waals surface area contributed by atoms with E-state index in [-0.39, 0.29) is 0 Å². The number of benzene rings is 1. The van der Waals surface area contributed by atoms with Crippen LogP contribution in [0, 0.1) is 12.8 Å². The molecule has 0 bridgehead atoms. The maximum absolute atomic E-state index is 4.60. The molecule has 1 aliphatic rings. The zero-order chi connectivity index (χ0) is 13.8. The number of nitrogens with zero attached hydrogens (tertiary/aromatic N) is 1. The zero-order valence-corrected chi connectivity index (χ0v) is 12.1. The Balaban J connectivity index is 1.69. The summed E-state index contributed by atoms with van der Waals surface area (Å²) in [5.41, 5.74) is 3.56. The van der Waals surface area contributed by atoms with Crippen LogP contribution in [-0.4, -0.2) is 11.5 Å². The van der Waals surface area contributed by atoms with Gasteiger partial charge in [0, 0.05) is 17.6 Å². The first-order valence-corrected chi connectivity index (χ1v) is 7.54. The molecule has 0 saturated carbocycles. The molecule has 0 amide bonds. The van der Waals surface area contributed by atoms with E-state index in [2.05, 4.69) is 59.7 Å². The molecule has 1 aliphatic carbocycles. The molecule has 104 valence electrons. The molecule has 0 saturated heterocycles. The van der Waals surface area contributed by atoms with Crippen molar-refractivity contribution >= 4 is 10.9 Å². The van der Waals surface area contributed by atoms with Gasteiger partial charge in [-0.3, -0.25) is 4.98 Å². The highest BCUT2D eigenvalue weighted by Crippen LogP contribution is 2.19. The van der Waals surface area contributed by atoms with E-state index in [1.165, 1.54) is 30.2 Å². The predicted molar refractivity (Wildman–Crippen MR) is 84.7 cm³/mol. The molecule has 1 aromatic carbocycles. The molecule has 1 atom stereocenters. The van der Waals surface area contributed by atoms with Gasteiger partial charge in [0.15, 0.2) is 0 Å². The molecule has 2 heteroatoms. The molecule has 1 aromatic heterocycles. The van der Waals surface area contributed by atoms with Gasteiger partial charge in [0.1, 0.15) is 0 Å². The minimum atomic E-state index is 0.800. The fourth-order valence-corrected chi connectivity index (χ4v) is 2.99. The van der Waals surface area contributed by atoms with Crippen LogP contribution in [0.3, 0.4) is 0 Å². The Labute approximate surface area is 120 Å². The molecule has 0 aliphatic heterocycles. The zero-order valence-electron chi connectivity index (χ0n) is 12.1. The second kappa shape index (κ2) is 6.19. The third kappa shape index (κ3) is 3.07. The van der Waals surface area contributed by atoms with Gasteiger partial charge >= 0.3 is 0 Å². The van der Waals surface area contributed by atoms with Gasteiger partial charge in [0.05, 0.1) is 5.52 Å². The van der Waals surface area contributed by atoms with Gasteiger partial charge in [-0.25, -0.2) is 0 Å². The lowest BCUT2D eigenvalue weighted by molar-refractivity contribution is 0.441. The summed E-state index contributed by atoms with van der Waals surface area (Å²) in [6.45, 7) is 4.12. The summed E-state index contributed by atoms with van der Waals surface area (Å²) < 4.78 is 0. The lowest BCUT2D eigenvalue weighted by Crippen LogP contribution is -2.23. The molecule has 3 rings (SSSR count). The Morgan fingerprint density at radius 3 is 3.00 bits per heavy atom. The van der Waals surface area contributed by atoms with Crippen LogP contribution in [0.25, 0.3) is 10.9 Å². The summed E-state index contributed by atoms with van der Waals surface area (Å²) in [4.78, 5) is 4.60. The van der Waals surface area contributed by atoms with Gasteiger partial charge in [-0.1, -0.05) is 30.4 Å². The highest BCUT2D eigenvalue weighted by atomic mass is 14.9. The molecule has 20 heavy (non-hydrogen) atoms. The van der Waals surface area contributed by atoms with Crippen LogP contribution in [0.2, 0.25) is 0 Å². The number of rotatable bonds is 4. The van der Waals surface area contributed by atoms with Gasteiger partial charge in [-0.15, -0.1) is 0 Å². The van der Waals surface area contributed by atoms with E-state index >= 15 is 0 Å². The number of fused-ring (bicyclic) bond motifs is 1. The fourth-order valence-electron chi connectivity index (χ4n) is 2.99. The normalized spacial score (nSPS) is 18.6. The summed E-state index contributed by atoms with van der Waals surface area (Å²) in [7, 11) is 0. The number of para-hydroxylation sites is 1. The topological polar surface area (TPSA) is 24.9 Å². The monoisotopic (exact) mass is 266 g/mol. The SMILES string of the molecule is Cc1cc(CNCC2CC=CCC2)c2ccccc2n1. The maximum atomic E-state index is 4.60. The first kappa shape index (κ1) is 13.3. The van der Waals surface area contributed by atoms with E-state index in [9.17, 15) is 0 Å². The second-order valence-corrected chi connectivity index (χ2v) is 5.72. The van der Waals surface area contributed by atoms with Crippen LogP contribution < -0.4 is 5.32 Å². The molecule has 1 N–H and O–H groups in total. The molecular weight excluding hydrogens is 244 g/mol. The summed E-state index contributed by atoms with van der Waals surface area (Å²) in [5, 5.41) is 4.90. The van der Waals surface area contributed by atoms with E-state index in [4.69, 9.17) is 0 Å². The van der Waals surface area contributed by atoms with Crippen LogP contribution in [0.15, 0.2) is 42.5 Å². The number of pyridine rings is 1. The van der Waals surface area contributed by atoms with Crippen LogP contribution in [0.5, 0.6) is 0 Å². The highest BCUT2D eigenvalue weighted by molar-refractivity contribution is 5.82. The molecule has 2 aromatic rings. The Morgan fingerprint density at radius 1 is 1.25 bits per heavy atom. The van der Waals surface area contributed by atoms with Gasteiger partial charge in [0.25, 0.3) is 0 Å². The Morgan fingerprint density at radius 2 is 2.15 bits per heavy atom. The number of aromatic nitrogens is 1. The van der Waals surface area contributed by atoms with Gasteiger partial charge in [-0.2, -0.15) is 0 Å². The fraction of sp³-hybridized carbons (Fsp3) is 0.389. The number of hydrogen-bond acceptors (Lipinski definition) is 2. The molecule has 0 spiro atoms. The van der Waals surface area contributed by atoms with Crippen LogP contribution in [0.4, 0.5) is 0 Å². The van der Waals surface area contributed by atoms with Crippen LogP contribution >= 0.6 is 0 Å². The highest BCUT2D eigenvalue weighted by Gasteiger charge is 2.09. The minimum absolute atomic E-state index is 0.800. The van der Waals surface area contributed by atoms with Crippen molar-refractivity contribution < 1.29 is 0 Å². The van der Waals surface area contributed by atoms with Crippen molar-refractivity contribution in [3.63, 3.8) is 0 Å². The first-order chi connectivity index (χ1) is 9.83. The van der Waals surface area contributed by atoms with Crippen molar-refractivity contribution in [3.8, 4) is 0 Å². The lowest BCUT2D eigenvalue weighted by Gasteiger charge is -2.18. The summed E-state index contributed by atoms with van der Waals surface area (Å²) in [6, 6.07) is 10.6. The maximum Gasteiger partial charge on any atom is 0.0708 e. The number of hydrogen-bond donors (Lipinski definition) is 1. The largest absolute Gasteiger partial charge is 0.312 e. The van der Waals surface area contributed by atoms with Crippen molar-refractivity contribution in [1.29, 1.82) is 0 Å². The van der Waals surface area contributed by atoms with Crippen molar-refractivity contribution in [2.24, 2.45) is 5.92 Å². The van der Waals surface area contributed by atoms with Crippen LogP contribution in [0.1, 0.15) is 30.5 Å². The molecule has 0 fully saturated rings. The van der Waals surface area contributed by atoms with Crippen molar-refractivity contribution in [2.75, 3.05) is 6.54 Å². The van der Waals surface area contributed by atoms with E-state index in [0.717, 1.165) is 30.2 Å². The van der Waals surface area contributed by atoms with E-state index in [0.29, 0.717) is 0 Å². The first-order valence-electron chi connectivity index (χ1n) is 7.54. The third-order valence-electron chi connectivity index (χ3n) is 4.06. The number of allylic oxidation sites excluding steroid dienone is 2. The van der Waals surface area contributed by atoms with Crippen LogP contribution in [-0.2, 0) is 6.54 Å². The van der Waals surface area contributed by atoms with E-state index in [1.807, 2.05) is 0 Å². The van der Waals surface area contributed by atoms with E-state index < -0.39 is 0 Å². The molecule has 1 heterocycles. The predicted octanol–water partition coefficient (Wildman–Crippen LogP) is 3.99. The smallest absolute Gasteiger partial charge is 0.0708 e. The molecule has 0 radical (unpaired) electrons. The number of aryl methyl sites for hydroxylation is 1. The average Bonchev–Trinajstić information content (AvgIpc) is 2.48. The minimum Gasteiger partial charge on any atom is -0.312 e. The van der Waals surface area contributed by atoms with Crippen molar-refractivity contribution in [3.05, 3.63) is 53.7 Å². The third-order valence-corrected chi connectivity index (χ3v) is 4.06. The number of nitrogens with one attached hydrogen (secondary N) is 1. The lowest BCUT2D eigenvalue weighted by atomic mass is 9.94. The Hall–Kier alpha value is -1.67. The molecule has 2 nitrogen and oxygen atoms in total. The van der Waals surface area contributed by atoms with Gasteiger partial charge in [-0.05, 0) is 56.3 Å². The Kier molecular flexibility index (Phi) is 4.12. The standard InChI is InChI=1S/C18H22N2/c1-14-11-16(17-9-5-6-10-18(17)20-14)13-19-12-15-7-3-2-4-8-15/h2-3,5-6,9-11,15,19H,4,7-8,12-13H2,1H3. The quantitative estimate of drug-likeness (QED) is 0.846. The van der Waals surface area contributed by atoms with Crippen molar-refractivity contribution in [2.45, 2.75) is 32.7 Å². The summed E-state index contributed by atoms with van der Waals surface area (Å²) >= 11 is 0. The molecular formula is C18H22N2. The second-order valence-electron chi connectivity index (χ2n) is 5.72. The van der Waals surface area contributed by atoms with Gasteiger partial charge < -0.3 is 5.32 Å². The van der Waals surface area contributed by atoms with E-state index in [1.54, 1.807) is 0 Å². The Bertz CT molecular complexity index is 616. The van der Waals surface area contributed by atoms with Crippen molar-refractivity contribution in [1.82, 2.24) is 10.3 Å². The summed E-state index contributed by atoms with van der Waals surface area (Å²) in [5.74, 6) is 0.800.